The van der Waals surface area contributed by atoms with Gasteiger partial charge in [-0.1, -0.05) is 0 Å². The van der Waals surface area contributed by atoms with Crippen LogP contribution in [0.15, 0.2) is 0 Å². The summed E-state index contributed by atoms with van der Waals surface area (Å²) in [5.41, 5.74) is -0.548. The second-order valence-electron chi connectivity index (χ2n) is 5.18. The molecular weight excluding hydrogens is 224 g/mol. The van der Waals surface area contributed by atoms with Crippen molar-refractivity contribution in [3.63, 3.8) is 0 Å². The van der Waals surface area contributed by atoms with E-state index in [1.807, 2.05) is 13.8 Å². The highest BCUT2D eigenvalue weighted by Crippen LogP contribution is 2.12. The fraction of sp³-hybridized carbons (Fsp3) is 0.909. The normalized spacial score (nSPS) is 11.4. The highest BCUT2D eigenvalue weighted by atomic mass is 16.6. The summed E-state index contributed by atoms with van der Waals surface area (Å²) in [5, 5.41) is 10.2. The van der Waals surface area contributed by atoms with Crippen molar-refractivity contribution in [2.24, 2.45) is 0 Å². The fourth-order valence-electron chi connectivity index (χ4n) is 1.25. The topological polar surface area (TPSA) is 72.7 Å². The molecule has 0 unspecified atom stereocenters. The van der Waals surface area contributed by atoms with Gasteiger partial charge in [-0.3, -0.25) is 10.1 Å². The first kappa shape index (κ1) is 15.7. The molecule has 17 heavy (non-hydrogen) atoms. The molecule has 0 atom stereocenters. The van der Waals surface area contributed by atoms with Crippen LogP contribution in [0.3, 0.4) is 0 Å². The van der Waals surface area contributed by atoms with Crippen LogP contribution >= 0.6 is 0 Å². The smallest absolute Gasteiger partial charge is 0.410 e. The van der Waals surface area contributed by atoms with Crippen LogP contribution in [0.25, 0.3) is 0 Å². The molecule has 0 aromatic heterocycles. The van der Waals surface area contributed by atoms with Crippen molar-refractivity contribution < 1.29 is 14.5 Å². The van der Waals surface area contributed by atoms with E-state index in [0.717, 1.165) is 0 Å². The van der Waals surface area contributed by atoms with Crippen molar-refractivity contribution in [2.75, 3.05) is 13.1 Å². The molecule has 6 nitrogen and oxygen atoms in total. The number of nitrogens with zero attached hydrogens (tertiary/aromatic N) is 2. The molecule has 1 amide bonds. The van der Waals surface area contributed by atoms with E-state index in [0.29, 0.717) is 13.0 Å². The molecule has 0 saturated heterocycles. The largest absolute Gasteiger partial charge is 0.444 e. The van der Waals surface area contributed by atoms with E-state index < -0.39 is 11.7 Å². The van der Waals surface area contributed by atoms with Gasteiger partial charge in [-0.2, -0.15) is 0 Å². The van der Waals surface area contributed by atoms with Crippen LogP contribution in [0, 0.1) is 10.1 Å². The minimum atomic E-state index is -0.548. The number of amides is 1. The van der Waals surface area contributed by atoms with Crippen molar-refractivity contribution in [3.05, 3.63) is 10.1 Å². The Balaban J connectivity index is 4.32. The number of nitro groups is 1. The maximum absolute atomic E-state index is 11.8. The Morgan fingerprint density at radius 3 is 2.29 bits per heavy atom. The number of carbonyl (C=O) groups excluding carboxylic acids is 1. The Morgan fingerprint density at radius 2 is 1.94 bits per heavy atom. The summed E-state index contributed by atoms with van der Waals surface area (Å²) in [6, 6.07) is -0.0309. The van der Waals surface area contributed by atoms with E-state index in [1.54, 1.807) is 20.8 Å². The van der Waals surface area contributed by atoms with Crippen molar-refractivity contribution >= 4 is 6.09 Å². The van der Waals surface area contributed by atoms with Gasteiger partial charge in [0.2, 0.25) is 6.54 Å². The predicted octanol–water partition coefficient (Wildman–Crippen LogP) is 2.30. The first-order chi connectivity index (χ1) is 7.63. The van der Waals surface area contributed by atoms with E-state index in [9.17, 15) is 14.9 Å². The van der Waals surface area contributed by atoms with Gasteiger partial charge in [0.25, 0.3) is 0 Å². The van der Waals surface area contributed by atoms with Crippen LogP contribution in [0.1, 0.15) is 41.0 Å². The Kier molecular flexibility index (Phi) is 5.91. The minimum absolute atomic E-state index is 0.0309. The Labute approximate surface area is 102 Å². The van der Waals surface area contributed by atoms with Crippen molar-refractivity contribution in [1.29, 1.82) is 0 Å². The molecule has 0 aliphatic carbocycles. The summed E-state index contributed by atoms with van der Waals surface area (Å²) >= 11 is 0. The second kappa shape index (κ2) is 6.42. The molecule has 0 N–H and O–H groups in total. The summed E-state index contributed by atoms with van der Waals surface area (Å²) in [4.78, 5) is 23.2. The van der Waals surface area contributed by atoms with Crippen LogP contribution < -0.4 is 0 Å². The molecule has 0 spiro atoms. The Hall–Kier alpha value is -1.33. The summed E-state index contributed by atoms with van der Waals surface area (Å²) in [6.07, 6.45) is -0.0828. The van der Waals surface area contributed by atoms with E-state index >= 15 is 0 Å². The summed E-state index contributed by atoms with van der Waals surface area (Å²) in [7, 11) is 0. The maximum atomic E-state index is 11.8. The molecule has 0 heterocycles. The third kappa shape index (κ3) is 7.54. The molecule has 0 aliphatic heterocycles. The standard InChI is InChI=1S/C11H22N2O4/c1-9(2)12(7-6-8-13(15)16)10(14)17-11(3,4)5/h9H,6-8H2,1-5H3. The quantitative estimate of drug-likeness (QED) is 0.551. The van der Waals surface area contributed by atoms with Crippen LogP contribution in [0.5, 0.6) is 0 Å². The zero-order valence-electron chi connectivity index (χ0n) is 11.2. The van der Waals surface area contributed by atoms with E-state index in [-0.39, 0.29) is 17.5 Å². The van der Waals surface area contributed by atoms with Crippen LogP contribution in [-0.4, -0.2) is 40.6 Å². The summed E-state index contributed by atoms with van der Waals surface area (Å²) in [6.45, 7) is 9.30. The van der Waals surface area contributed by atoms with E-state index in [2.05, 4.69) is 0 Å². The van der Waals surface area contributed by atoms with Gasteiger partial charge in [-0.05, 0) is 34.6 Å². The summed E-state index contributed by atoms with van der Waals surface area (Å²) < 4.78 is 5.24. The van der Waals surface area contributed by atoms with Gasteiger partial charge in [-0.25, -0.2) is 4.79 Å². The fourth-order valence-corrected chi connectivity index (χ4v) is 1.25. The molecule has 0 saturated carbocycles. The second-order valence-corrected chi connectivity index (χ2v) is 5.18. The minimum Gasteiger partial charge on any atom is -0.444 e. The lowest BCUT2D eigenvalue weighted by Crippen LogP contribution is -2.41. The zero-order chi connectivity index (χ0) is 13.6. The molecule has 0 fully saturated rings. The molecule has 6 heteroatoms. The van der Waals surface area contributed by atoms with Gasteiger partial charge in [0.15, 0.2) is 0 Å². The number of rotatable bonds is 5. The molecule has 0 aliphatic rings. The van der Waals surface area contributed by atoms with Crippen LogP contribution in [0.2, 0.25) is 0 Å². The molecule has 0 radical (unpaired) electrons. The monoisotopic (exact) mass is 246 g/mol. The van der Waals surface area contributed by atoms with Gasteiger partial charge in [0.1, 0.15) is 5.60 Å². The molecule has 0 rings (SSSR count). The molecular formula is C11H22N2O4. The third-order valence-electron chi connectivity index (χ3n) is 1.99. The van der Waals surface area contributed by atoms with Crippen LogP contribution in [-0.2, 0) is 4.74 Å². The lowest BCUT2D eigenvalue weighted by Gasteiger charge is -2.29. The van der Waals surface area contributed by atoms with Gasteiger partial charge in [-0.15, -0.1) is 0 Å². The van der Waals surface area contributed by atoms with Gasteiger partial charge in [0, 0.05) is 23.9 Å². The lowest BCUT2D eigenvalue weighted by molar-refractivity contribution is -0.480. The average Bonchev–Trinajstić information content (AvgIpc) is 2.07. The zero-order valence-corrected chi connectivity index (χ0v) is 11.2. The van der Waals surface area contributed by atoms with E-state index in [1.165, 1.54) is 4.90 Å². The number of ether oxygens (including phenoxy) is 1. The number of carbonyl (C=O) groups is 1. The van der Waals surface area contributed by atoms with Crippen molar-refractivity contribution in [2.45, 2.75) is 52.7 Å². The molecule has 0 aromatic carbocycles. The molecule has 0 aromatic rings. The average molecular weight is 246 g/mol. The van der Waals surface area contributed by atoms with Crippen LogP contribution in [0.4, 0.5) is 4.79 Å². The van der Waals surface area contributed by atoms with Gasteiger partial charge in [0.05, 0.1) is 0 Å². The first-order valence-electron chi connectivity index (χ1n) is 5.75. The number of hydrogen-bond acceptors (Lipinski definition) is 4. The SMILES string of the molecule is CC(C)N(CCC[N+](=O)[O-])C(=O)OC(C)(C)C. The lowest BCUT2D eigenvalue weighted by atomic mass is 10.2. The predicted molar refractivity (Wildman–Crippen MR) is 64.6 cm³/mol. The Bertz CT molecular complexity index is 271. The molecule has 0 bridgehead atoms. The number of hydrogen-bond donors (Lipinski definition) is 0. The van der Waals surface area contributed by atoms with Crippen molar-refractivity contribution in [1.82, 2.24) is 4.90 Å². The van der Waals surface area contributed by atoms with Gasteiger partial charge >= 0.3 is 6.09 Å². The molecule has 100 valence electrons. The maximum Gasteiger partial charge on any atom is 0.410 e. The highest BCUT2D eigenvalue weighted by Gasteiger charge is 2.24. The van der Waals surface area contributed by atoms with Crippen molar-refractivity contribution in [3.8, 4) is 0 Å². The first-order valence-corrected chi connectivity index (χ1v) is 5.75. The third-order valence-corrected chi connectivity index (χ3v) is 1.99. The highest BCUT2D eigenvalue weighted by molar-refractivity contribution is 5.68. The van der Waals surface area contributed by atoms with Gasteiger partial charge < -0.3 is 9.64 Å². The summed E-state index contributed by atoms with van der Waals surface area (Å²) in [5.74, 6) is 0. The Morgan fingerprint density at radius 1 is 1.41 bits per heavy atom. The van der Waals surface area contributed by atoms with E-state index in [4.69, 9.17) is 4.74 Å².